The van der Waals surface area contributed by atoms with Gasteiger partial charge in [0.1, 0.15) is 0 Å². The molecule has 1 saturated heterocycles. The minimum atomic E-state index is -0.828. The van der Waals surface area contributed by atoms with Gasteiger partial charge in [-0.15, -0.1) is 0 Å². The van der Waals surface area contributed by atoms with E-state index in [1.807, 2.05) is 12.1 Å². The third-order valence-corrected chi connectivity index (χ3v) is 3.11. The molecule has 5 heteroatoms. The monoisotopic (exact) mass is 260 g/mol. The highest BCUT2D eigenvalue weighted by Gasteiger charge is 2.22. The van der Waals surface area contributed by atoms with E-state index >= 15 is 0 Å². The van der Waals surface area contributed by atoms with Gasteiger partial charge in [-0.2, -0.15) is 5.26 Å². The number of carboxylic acid groups (broad SMARTS) is 1. The van der Waals surface area contributed by atoms with Gasteiger partial charge in [-0.05, 0) is 17.7 Å². The second kappa shape index (κ2) is 6.32. The fourth-order valence-corrected chi connectivity index (χ4v) is 2.19. The van der Waals surface area contributed by atoms with Crippen molar-refractivity contribution in [2.75, 3.05) is 19.7 Å². The molecular weight excluding hydrogens is 244 g/mol. The number of carboxylic acids is 1. The Balaban J connectivity index is 1.91. The number of benzene rings is 1. The zero-order valence-corrected chi connectivity index (χ0v) is 10.6. The molecule has 5 nitrogen and oxygen atoms in total. The van der Waals surface area contributed by atoms with Gasteiger partial charge >= 0.3 is 5.97 Å². The Kier molecular flexibility index (Phi) is 4.50. The molecule has 1 atom stereocenters. The number of nitrogens with zero attached hydrogens (tertiary/aromatic N) is 2. The highest BCUT2D eigenvalue weighted by atomic mass is 16.5. The Labute approximate surface area is 112 Å². The Hall–Kier alpha value is -1.90. The molecule has 0 saturated carbocycles. The molecule has 1 heterocycles. The van der Waals surface area contributed by atoms with Crippen molar-refractivity contribution in [2.45, 2.75) is 19.1 Å². The third kappa shape index (κ3) is 4.05. The largest absolute Gasteiger partial charge is 0.481 e. The Morgan fingerprint density at radius 1 is 1.47 bits per heavy atom. The van der Waals surface area contributed by atoms with Crippen molar-refractivity contribution in [3.63, 3.8) is 0 Å². The lowest BCUT2D eigenvalue weighted by Crippen LogP contribution is -2.42. The summed E-state index contributed by atoms with van der Waals surface area (Å²) in [4.78, 5) is 12.9. The molecule has 0 amide bonds. The number of ether oxygens (including phenoxy) is 1. The first kappa shape index (κ1) is 13.5. The molecule has 0 aliphatic carbocycles. The molecule has 19 heavy (non-hydrogen) atoms. The van der Waals surface area contributed by atoms with E-state index in [2.05, 4.69) is 11.0 Å². The maximum absolute atomic E-state index is 10.7. The van der Waals surface area contributed by atoms with E-state index in [-0.39, 0.29) is 12.5 Å². The number of hydrogen-bond donors (Lipinski definition) is 1. The van der Waals surface area contributed by atoms with E-state index in [1.165, 1.54) is 0 Å². The average molecular weight is 260 g/mol. The van der Waals surface area contributed by atoms with Crippen LogP contribution in [0.3, 0.4) is 0 Å². The minimum absolute atomic E-state index is 0.0455. The minimum Gasteiger partial charge on any atom is -0.481 e. The predicted molar refractivity (Wildman–Crippen MR) is 68.4 cm³/mol. The molecule has 0 radical (unpaired) electrons. The second-order valence-electron chi connectivity index (χ2n) is 4.63. The van der Waals surface area contributed by atoms with Gasteiger partial charge < -0.3 is 9.84 Å². The van der Waals surface area contributed by atoms with Crippen LogP contribution in [-0.2, 0) is 16.1 Å². The quantitative estimate of drug-likeness (QED) is 0.881. The van der Waals surface area contributed by atoms with Crippen molar-refractivity contribution in [3.05, 3.63) is 35.4 Å². The Morgan fingerprint density at radius 2 is 2.21 bits per heavy atom. The van der Waals surface area contributed by atoms with E-state index < -0.39 is 5.97 Å². The average Bonchev–Trinajstić information content (AvgIpc) is 2.39. The van der Waals surface area contributed by atoms with Crippen LogP contribution >= 0.6 is 0 Å². The van der Waals surface area contributed by atoms with Crippen molar-refractivity contribution in [2.24, 2.45) is 0 Å². The molecule has 1 aliphatic rings. The fourth-order valence-electron chi connectivity index (χ4n) is 2.19. The molecule has 100 valence electrons. The first-order valence-electron chi connectivity index (χ1n) is 6.22. The van der Waals surface area contributed by atoms with E-state index in [0.717, 1.165) is 18.7 Å². The number of rotatable bonds is 4. The molecule has 1 aromatic rings. The number of nitriles is 1. The van der Waals surface area contributed by atoms with Crippen LogP contribution in [-0.4, -0.2) is 41.8 Å². The van der Waals surface area contributed by atoms with E-state index in [4.69, 9.17) is 15.1 Å². The summed E-state index contributed by atoms with van der Waals surface area (Å²) in [6.45, 7) is 2.75. The van der Waals surface area contributed by atoms with Crippen molar-refractivity contribution < 1.29 is 14.6 Å². The molecule has 1 unspecified atom stereocenters. The highest BCUT2D eigenvalue weighted by molar-refractivity contribution is 5.67. The van der Waals surface area contributed by atoms with Crippen LogP contribution in [0.4, 0.5) is 0 Å². The Bertz CT molecular complexity index is 478. The fraction of sp³-hybridized carbons (Fsp3) is 0.429. The van der Waals surface area contributed by atoms with Gasteiger partial charge in [0.25, 0.3) is 0 Å². The summed E-state index contributed by atoms with van der Waals surface area (Å²) in [7, 11) is 0. The maximum Gasteiger partial charge on any atom is 0.306 e. The molecule has 0 aromatic heterocycles. The maximum atomic E-state index is 10.7. The zero-order chi connectivity index (χ0) is 13.7. The molecule has 0 bridgehead atoms. The number of aliphatic carboxylic acids is 1. The summed E-state index contributed by atoms with van der Waals surface area (Å²) in [5.74, 6) is -0.828. The summed E-state index contributed by atoms with van der Waals surface area (Å²) < 4.78 is 5.43. The van der Waals surface area contributed by atoms with Crippen LogP contribution in [0.1, 0.15) is 17.5 Å². The number of carbonyl (C=O) groups is 1. The highest BCUT2D eigenvalue weighted by Crippen LogP contribution is 2.13. The molecular formula is C14H16N2O3. The zero-order valence-electron chi connectivity index (χ0n) is 10.6. The van der Waals surface area contributed by atoms with Gasteiger partial charge in [0, 0.05) is 19.6 Å². The first-order chi connectivity index (χ1) is 9.17. The van der Waals surface area contributed by atoms with Crippen LogP contribution in [0.15, 0.2) is 24.3 Å². The van der Waals surface area contributed by atoms with Crippen molar-refractivity contribution in [1.29, 1.82) is 5.26 Å². The van der Waals surface area contributed by atoms with Gasteiger partial charge in [0.15, 0.2) is 0 Å². The van der Waals surface area contributed by atoms with Crippen LogP contribution in [0.2, 0.25) is 0 Å². The van der Waals surface area contributed by atoms with E-state index in [0.29, 0.717) is 18.7 Å². The lowest BCUT2D eigenvalue weighted by Gasteiger charge is -2.32. The van der Waals surface area contributed by atoms with Gasteiger partial charge in [0.2, 0.25) is 0 Å². The van der Waals surface area contributed by atoms with Gasteiger partial charge in [-0.25, -0.2) is 0 Å². The van der Waals surface area contributed by atoms with Crippen molar-refractivity contribution in [3.8, 4) is 6.07 Å². The lowest BCUT2D eigenvalue weighted by molar-refractivity contribution is -0.142. The SMILES string of the molecule is N#Cc1ccc(CN2CCOC(CC(=O)O)C2)cc1. The summed E-state index contributed by atoms with van der Waals surface area (Å²) in [5, 5.41) is 17.5. The second-order valence-corrected chi connectivity index (χ2v) is 4.63. The van der Waals surface area contributed by atoms with Gasteiger partial charge in [0.05, 0.1) is 30.8 Å². The van der Waals surface area contributed by atoms with E-state index in [1.54, 1.807) is 12.1 Å². The molecule has 1 N–H and O–H groups in total. The summed E-state index contributed by atoms with van der Waals surface area (Å²) in [6.07, 6.45) is -0.186. The summed E-state index contributed by atoms with van der Waals surface area (Å²) >= 11 is 0. The lowest BCUT2D eigenvalue weighted by atomic mass is 10.1. The van der Waals surface area contributed by atoms with Crippen LogP contribution in [0, 0.1) is 11.3 Å². The van der Waals surface area contributed by atoms with Crippen molar-refractivity contribution >= 4 is 5.97 Å². The summed E-state index contributed by atoms with van der Waals surface area (Å²) in [6, 6.07) is 9.54. The van der Waals surface area contributed by atoms with Crippen molar-refractivity contribution in [1.82, 2.24) is 4.90 Å². The normalized spacial score (nSPS) is 19.8. The van der Waals surface area contributed by atoms with Crippen LogP contribution in [0.5, 0.6) is 0 Å². The molecule has 1 fully saturated rings. The van der Waals surface area contributed by atoms with E-state index in [9.17, 15) is 4.79 Å². The molecule has 2 rings (SSSR count). The summed E-state index contributed by atoms with van der Waals surface area (Å²) in [5.41, 5.74) is 1.77. The van der Waals surface area contributed by atoms with Gasteiger partial charge in [-0.1, -0.05) is 12.1 Å². The van der Waals surface area contributed by atoms with Crippen LogP contribution in [0.25, 0.3) is 0 Å². The topological polar surface area (TPSA) is 73.6 Å². The number of hydrogen-bond acceptors (Lipinski definition) is 4. The standard InChI is InChI=1S/C14H16N2O3/c15-8-11-1-3-12(4-2-11)9-16-5-6-19-13(10-16)7-14(17)18/h1-4,13H,5-7,9-10H2,(H,17,18). The first-order valence-corrected chi connectivity index (χ1v) is 6.22. The molecule has 1 aromatic carbocycles. The third-order valence-electron chi connectivity index (χ3n) is 3.11. The number of morpholine rings is 1. The Morgan fingerprint density at radius 3 is 2.84 bits per heavy atom. The van der Waals surface area contributed by atoms with Crippen LogP contribution < -0.4 is 0 Å². The van der Waals surface area contributed by atoms with Gasteiger partial charge in [-0.3, -0.25) is 9.69 Å². The molecule has 1 aliphatic heterocycles. The predicted octanol–water partition coefficient (Wildman–Crippen LogP) is 1.23. The smallest absolute Gasteiger partial charge is 0.306 e. The molecule has 0 spiro atoms.